The lowest BCUT2D eigenvalue weighted by Gasteiger charge is -2.23. The van der Waals surface area contributed by atoms with Crippen LogP contribution in [-0.4, -0.2) is 33.4 Å². The zero-order chi connectivity index (χ0) is 15.3. The van der Waals surface area contributed by atoms with Crippen LogP contribution in [0.4, 0.5) is 0 Å². The third kappa shape index (κ3) is 5.67. The minimum Gasteiger partial charge on any atom is -0.316 e. The number of likely N-dealkylation sites (N-methyl/N-ethyl adjacent to an activating group) is 1. The number of nitrogens with zero attached hydrogens (tertiary/aromatic N) is 2. The number of rotatable bonds is 6. The van der Waals surface area contributed by atoms with Crippen LogP contribution in [0.2, 0.25) is 0 Å². The van der Waals surface area contributed by atoms with Crippen LogP contribution in [0, 0.1) is 0 Å². The van der Waals surface area contributed by atoms with Gasteiger partial charge in [0.05, 0.1) is 11.7 Å². The van der Waals surface area contributed by atoms with E-state index in [0.29, 0.717) is 16.8 Å². The van der Waals surface area contributed by atoms with Crippen molar-refractivity contribution in [2.24, 2.45) is 0 Å². The number of nitrogens with one attached hydrogen (secondary N) is 1. The molecule has 1 aliphatic carbocycles. The Bertz CT molecular complexity index is 416. The van der Waals surface area contributed by atoms with Crippen molar-refractivity contribution in [3.05, 3.63) is 18.0 Å². The summed E-state index contributed by atoms with van der Waals surface area (Å²) in [5.41, 5.74) is 1.23. The van der Waals surface area contributed by atoms with Crippen LogP contribution in [0.5, 0.6) is 0 Å². The molecule has 1 saturated carbocycles. The van der Waals surface area contributed by atoms with Gasteiger partial charge in [0, 0.05) is 29.2 Å². The Kier molecular flexibility index (Phi) is 6.18. The van der Waals surface area contributed by atoms with Gasteiger partial charge in [0.15, 0.2) is 0 Å². The molecule has 1 unspecified atom stereocenters. The van der Waals surface area contributed by atoms with E-state index in [9.17, 15) is 0 Å². The van der Waals surface area contributed by atoms with Gasteiger partial charge < -0.3 is 5.32 Å². The van der Waals surface area contributed by atoms with Crippen LogP contribution in [0.15, 0.2) is 12.3 Å². The van der Waals surface area contributed by atoms with Gasteiger partial charge in [0.1, 0.15) is 0 Å². The van der Waals surface area contributed by atoms with Gasteiger partial charge in [-0.1, -0.05) is 40.0 Å². The first-order valence-corrected chi connectivity index (χ1v) is 9.32. The highest BCUT2D eigenvalue weighted by atomic mass is 32.2. The quantitative estimate of drug-likeness (QED) is 0.859. The summed E-state index contributed by atoms with van der Waals surface area (Å²) in [6, 6.07) is 3.36. The van der Waals surface area contributed by atoms with Gasteiger partial charge in [0.2, 0.25) is 0 Å². The van der Waals surface area contributed by atoms with Gasteiger partial charge in [-0.2, -0.15) is 16.9 Å². The molecule has 3 nitrogen and oxygen atoms in total. The highest BCUT2D eigenvalue weighted by Crippen LogP contribution is 2.28. The summed E-state index contributed by atoms with van der Waals surface area (Å²) >= 11 is 2.02. The first-order chi connectivity index (χ1) is 9.98. The van der Waals surface area contributed by atoms with Gasteiger partial charge in [-0.05, 0) is 26.0 Å². The van der Waals surface area contributed by atoms with Crippen LogP contribution in [0.25, 0.3) is 0 Å². The highest BCUT2D eigenvalue weighted by Gasteiger charge is 2.18. The standard InChI is InChI=1S/C17H31N3S/c1-17(2,3)21-13-15(18-4)12-14-10-11-20(19-14)16-8-6-5-7-9-16/h10-11,15-16,18H,5-9,12-13H2,1-4H3. The van der Waals surface area contributed by atoms with Crippen molar-refractivity contribution in [2.45, 2.75) is 76.1 Å². The number of hydrogen-bond acceptors (Lipinski definition) is 3. The Labute approximate surface area is 134 Å². The van der Waals surface area contributed by atoms with E-state index in [2.05, 4.69) is 50.1 Å². The molecule has 1 heterocycles. The summed E-state index contributed by atoms with van der Waals surface area (Å²) in [4.78, 5) is 0. The lowest BCUT2D eigenvalue weighted by molar-refractivity contribution is 0.327. The molecule has 0 bridgehead atoms. The third-order valence-corrected chi connectivity index (χ3v) is 5.63. The SMILES string of the molecule is CNC(CSC(C)(C)C)Cc1ccn(C2CCCCC2)n1. The molecule has 4 heteroatoms. The van der Waals surface area contributed by atoms with E-state index in [-0.39, 0.29) is 0 Å². The van der Waals surface area contributed by atoms with Crippen LogP contribution < -0.4 is 5.32 Å². The van der Waals surface area contributed by atoms with E-state index in [0.717, 1.165) is 12.2 Å². The number of thioether (sulfide) groups is 1. The monoisotopic (exact) mass is 309 g/mol. The number of aromatic nitrogens is 2. The molecule has 120 valence electrons. The Balaban J connectivity index is 1.87. The van der Waals surface area contributed by atoms with Gasteiger partial charge >= 0.3 is 0 Å². The predicted molar refractivity (Wildman–Crippen MR) is 93.1 cm³/mol. The summed E-state index contributed by atoms with van der Waals surface area (Å²) in [5, 5.41) is 8.28. The molecule has 0 radical (unpaired) electrons. The third-order valence-electron chi connectivity index (χ3n) is 4.19. The molecular formula is C17H31N3S. The smallest absolute Gasteiger partial charge is 0.0640 e. The summed E-state index contributed by atoms with van der Waals surface area (Å²) in [7, 11) is 2.06. The maximum absolute atomic E-state index is 4.83. The average molecular weight is 310 g/mol. The molecule has 0 amide bonds. The fourth-order valence-electron chi connectivity index (χ4n) is 2.88. The molecule has 1 aromatic rings. The van der Waals surface area contributed by atoms with E-state index in [4.69, 9.17) is 5.10 Å². The molecule has 1 fully saturated rings. The van der Waals surface area contributed by atoms with Gasteiger partial charge in [-0.25, -0.2) is 0 Å². The Morgan fingerprint density at radius 3 is 2.67 bits per heavy atom. The molecule has 1 aromatic heterocycles. The van der Waals surface area contributed by atoms with Crippen molar-refractivity contribution in [1.29, 1.82) is 0 Å². The lowest BCUT2D eigenvalue weighted by Crippen LogP contribution is -2.32. The molecule has 21 heavy (non-hydrogen) atoms. The average Bonchev–Trinajstić information content (AvgIpc) is 2.92. The molecule has 1 aliphatic rings. The van der Waals surface area contributed by atoms with E-state index in [1.807, 2.05) is 11.8 Å². The maximum Gasteiger partial charge on any atom is 0.0640 e. The summed E-state index contributed by atoms with van der Waals surface area (Å²) in [5.74, 6) is 1.14. The summed E-state index contributed by atoms with van der Waals surface area (Å²) in [6.45, 7) is 6.84. The topological polar surface area (TPSA) is 29.9 Å². The van der Waals surface area contributed by atoms with Crippen molar-refractivity contribution in [2.75, 3.05) is 12.8 Å². The Morgan fingerprint density at radius 2 is 2.05 bits per heavy atom. The predicted octanol–water partition coefficient (Wildman–Crippen LogP) is 4.05. The lowest BCUT2D eigenvalue weighted by atomic mass is 9.96. The second kappa shape index (κ2) is 7.68. The summed E-state index contributed by atoms with van der Waals surface area (Å²) in [6.07, 6.45) is 9.94. The van der Waals surface area contributed by atoms with Crippen molar-refractivity contribution >= 4 is 11.8 Å². The largest absolute Gasteiger partial charge is 0.316 e. The number of hydrogen-bond donors (Lipinski definition) is 1. The zero-order valence-electron chi connectivity index (χ0n) is 14.1. The van der Waals surface area contributed by atoms with E-state index in [1.54, 1.807) is 0 Å². The molecule has 0 aliphatic heterocycles. The second-order valence-electron chi connectivity index (χ2n) is 7.19. The molecule has 0 saturated heterocycles. The highest BCUT2D eigenvalue weighted by molar-refractivity contribution is 8.00. The van der Waals surface area contributed by atoms with E-state index in [1.165, 1.54) is 37.8 Å². The van der Waals surface area contributed by atoms with Gasteiger partial charge in [-0.15, -0.1) is 0 Å². The van der Waals surface area contributed by atoms with Crippen molar-refractivity contribution < 1.29 is 0 Å². The summed E-state index contributed by atoms with van der Waals surface area (Å²) < 4.78 is 2.55. The maximum atomic E-state index is 4.83. The van der Waals surface area contributed by atoms with Crippen LogP contribution >= 0.6 is 11.8 Å². The van der Waals surface area contributed by atoms with E-state index >= 15 is 0 Å². The molecule has 2 rings (SSSR count). The van der Waals surface area contributed by atoms with Crippen LogP contribution in [0.1, 0.15) is 64.6 Å². The normalized spacial score (nSPS) is 18.9. The Morgan fingerprint density at radius 1 is 1.33 bits per heavy atom. The van der Waals surface area contributed by atoms with Crippen LogP contribution in [-0.2, 0) is 6.42 Å². The van der Waals surface area contributed by atoms with Crippen molar-refractivity contribution in [1.82, 2.24) is 15.1 Å². The zero-order valence-corrected chi connectivity index (χ0v) is 14.9. The fraction of sp³-hybridized carbons (Fsp3) is 0.824. The minimum absolute atomic E-state index is 0.330. The molecule has 0 spiro atoms. The molecule has 1 N–H and O–H groups in total. The first kappa shape index (κ1) is 16.9. The van der Waals surface area contributed by atoms with Crippen LogP contribution in [0.3, 0.4) is 0 Å². The molecule has 0 aromatic carbocycles. The van der Waals surface area contributed by atoms with Gasteiger partial charge in [0.25, 0.3) is 0 Å². The minimum atomic E-state index is 0.330. The molecular weight excluding hydrogens is 278 g/mol. The van der Waals surface area contributed by atoms with Gasteiger partial charge in [-0.3, -0.25) is 4.68 Å². The molecule has 1 atom stereocenters. The fourth-order valence-corrected chi connectivity index (χ4v) is 3.87. The van der Waals surface area contributed by atoms with Crippen molar-refractivity contribution in [3.63, 3.8) is 0 Å². The Hall–Kier alpha value is -0.480. The van der Waals surface area contributed by atoms with E-state index < -0.39 is 0 Å². The first-order valence-electron chi connectivity index (χ1n) is 8.33. The van der Waals surface area contributed by atoms with Crippen molar-refractivity contribution in [3.8, 4) is 0 Å². The second-order valence-corrected chi connectivity index (χ2v) is 9.04.